The van der Waals surface area contributed by atoms with E-state index in [4.69, 9.17) is 14.2 Å². The highest BCUT2D eigenvalue weighted by Gasteiger charge is 2.65. The smallest absolute Gasteiger partial charge is 0.324 e. The Kier molecular flexibility index (Phi) is 7.64. The summed E-state index contributed by atoms with van der Waals surface area (Å²) in [5, 5.41) is 9.92. The van der Waals surface area contributed by atoms with Gasteiger partial charge in [-0.25, -0.2) is 0 Å². The Morgan fingerprint density at radius 3 is 2.42 bits per heavy atom. The van der Waals surface area contributed by atoms with Gasteiger partial charge < -0.3 is 19.3 Å². The van der Waals surface area contributed by atoms with Crippen molar-refractivity contribution in [2.24, 2.45) is 5.92 Å². The molecule has 36 heavy (non-hydrogen) atoms. The molecule has 1 aromatic heterocycles. The molecule has 1 aliphatic heterocycles. The fraction of sp³-hybridized carbons (Fsp3) is 0.464. The number of aromatic nitrogens is 2. The van der Waals surface area contributed by atoms with Crippen LogP contribution in [-0.4, -0.2) is 58.9 Å². The monoisotopic (exact) mass is 493 g/mol. The molecule has 1 unspecified atom stereocenters. The highest BCUT2D eigenvalue weighted by molar-refractivity contribution is 5.83. The predicted octanol–water partition coefficient (Wildman–Crippen LogP) is 4.75. The number of aliphatic carboxylic acids is 1. The van der Waals surface area contributed by atoms with Gasteiger partial charge in [-0.15, -0.1) is 0 Å². The molecular weight excluding hydrogens is 458 g/mol. The summed E-state index contributed by atoms with van der Waals surface area (Å²) in [6.45, 7) is 7.48. The van der Waals surface area contributed by atoms with E-state index in [1.165, 1.54) is 14.2 Å². The van der Waals surface area contributed by atoms with Gasteiger partial charge in [0.15, 0.2) is 0 Å². The molecule has 1 saturated carbocycles. The van der Waals surface area contributed by atoms with Gasteiger partial charge in [0.2, 0.25) is 11.8 Å². The number of methoxy groups -OCH3 is 2. The lowest BCUT2D eigenvalue weighted by Gasteiger charge is -2.33. The first-order valence-electron chi connectivity index (χ1n) is 12.3. The van der Waals surface area contributed by atoms with Crippen molar-refractivity contribution in [3.05, 3.63) is 58.7 Å². The van der Waals surface area contributed by atoms with E-state index >= 15 is 0 Å². The van der Waals surface area contributed by atoms with Gasteiger partial charge in [0, 0.05) is 6.54 Å². The van der Waals surface area contributed by atoms with E-state index in [-0.39, 0.29) is 11.9 Å². The summed E-state index contributed by atoms with van der Waals surface area (Å²) in [6, 6.07) is 10.4. The number of likely N-dealkylation sites (tertiary alicyclic amines) is 1. The van der Waals surface area contributed by atoms with E-state index in [0.717, 1.165) is 35.1 Å². The molecule has 8 nitrogen and oxygen atoms in total. The van der Waals surface area contributed by atoms with Gasteiger partial charge in [-0.3, -0.25) is 9.69 Å². The van der Waals surface area contributed by atoms with Crippen molar-refractivity contribution in [2.75, 3.05) is 27.4 Å². The molecule has 8 heteroatoms. The van der Waals surface area contributed by atoms with Crippen LogP contribution in [0.4, 0.5) is 0 Å². The molecule has 2 atom stereocenters. The molecule has 0 radical (unpaired) electrons. The molecule has 1 saturated heterocycles. The fourth-order valence-corrected chi connectivity index (χ4v) is 5.27. The average Bonchev–Trinajstić information content (AvgIpc) is 3.66. The minimum Gasteiger partial charge on any atom is -0.481 e. The molecule has 2 fully saturated rings. The average molecular weight is 494 g/mol. The summed E-state index contributed by atoms with van der Waals surface area (Å²) in [7, 11) is 3.07. The van der Waals surface area contributed by atoms with Gasteiger partial charge in [0.05, 0.1) is 19.8 Å². The number of hydrogen-bond acceptors (Lipinski definition) is 7. The fourth-order valence-electron chi connectivity index (χ4n) is 5.27. The van der Waals surface area contributed by atoms with Crippen LogP contribution in [0.2, 0.25) is 0 Å². The number of rotatable bonds is 10. The van der Waals surface area contributed by atoms with Crippen molar-refractivity contribution in [3.63, 3.8) is 0 Å². The number of carbonyl (C=O) groups is 1. The number of fused-ring (bicyclic) bond motifs is 1. The lowest BCUT2D eigenvalue weighted by Crippen LogP contribution is -2.47. The van der Waals surface area contributed by atoms with Crippen LogP contribution in [0.1, 0.15) is 51.2 Å². The molecule has 1 aromatic carbocycles. The zero-order valence-corrected chi connectivity index (χ0v) is 21.7. The number of carboxylic acid groups (broad SMARTS) is 1. The van der Waals surface area contributed by atoms with Crippen molar-refractivity contribution >= 4 is 11.5 Å². The summed E-state index contributed by atoms with van der Waals surface area (Å²) >= 11 is 0. The molecule has 4 rings (SSSR count). The molecule has 2 aliphatic rings. The Bertz CT molecular complexity index is 1150. The maximum atomic E-state index is 12.1. The lowest BCUT2D eigenvalue weighted by atomic mass is 9.95. The van der Waals surface area contributed by atoms with Gasteiger partial charge in [0.25, 0.3) is 0 Å². The molecule has 1 aliphatic carbocycles. The minimum absolute atomic E-state index is 0.150. The maximum absolute atomic E-state index is 12.1. The summed E-state index contributed by atoms with van der Waals surface area (Å²) < 4.78 is 17.1. The number of allylic oxidation sites excluding steroid dienone is 3. The molecule has 0 bridgehead atoms. The van der Waals surface area contributed by atoms with E-state index in [0.29, 0.717) is 43.4 Å². The first-order valence-corrected chi connectivity index (χ1v) is 12.3. The van der Waals surface area contributed by atoms with Crippen LogP contribution in [0, 0.1) is 5.92 Å². The quantitative estimate of drug-likeness (QED) is 0.474. The number of hydrogen-bond donors (Lipinski definition) is 1. The van der Waals surface area contributed by atoms with Gasteiger partial charge in [-0.1, -0.05) is 36.4 Å². The van der Waals surface area contributed by atoms with Crippen molar-refractivity contribution < 1.29 is 24.1 Å². The summed E-state index contributed by atoms with van der Waals surface area (Å²) in [6.07, 6.45) is 4.69. The molecular formula is C28H35N3O5. The number of nitrogens with zero attached hydrogens (tertiary/aromatic N) is 3. The van der Waals surface area contributed by atoms with E-state index in [2.05, 4.69) is 35.1 Å². The predicted molar refractivity (Wildman–Crippen MR) is 137 cm³/mol. The van der Waals surface area contributed by atoms with Crippen LogP contribution < -0.4 is 14.2 Å². The summed E-state index contributed by atoms with van der Waals surface area (Å²) in [5.41, 5.74) is 4.30. The second kappa shape index (κ2) is 10.7. The Hall–Kier alpha value is -3.39. The zero-order chi connectivity index (χ0) is 25.9. The van der Waals surface area contributed by atoms with Gasteiger partial charge >= 0.3 is 12.0 Å². The van der Waals surface area contributed by atoms with Crippen LogP contribution >= 0.6 is 0 Å². The van der Waals surface area contributed by atoms with Gasteiger partial charge in [0.1, 0.15) is 12.1 Å². The Labute approximate surface area is 212 Å². The first kappa shape index (κ1) is 25.7. The van der Waals surface area contributed by atoms with Gasteiger partial charge in [-0.2, -0.15) is 9.97 Å². The summed E-state index contributed by atoms with van der Waals surface area (Å²) in [4.78, 5) is 23.0. The third-order valence-electron chi connectivity index (χ3n) is 7.47. The van der Waals surface area contributed by atoms with Crippen molar-refractivity contribution in [1.82, 2.24) is 14.9 Å². The molecule has 1 N–H and O–H groups in total. The third-order valence-corrected chi connectivity index (χ3v) is 7.47. The van der Waals surface area contributed by atoms with Crippen LogP contribution in [0.3, 0.4) is 0 Å². The lowest BCUT2D eigenvalue weighted by molar-refractivity contribution is -0.147. The second-order valence-corrected chi connectivity index (χ2v) is 9.46. The molecule has 2 aromatic rings. The van der Waals surface area contributed by atoms with E-state index in [1.807, 2.05) is 36.9 Å². The Morgan fingerprint density at radius 1 is 1.17 bits per heavy atom. The van der Waals surface area contributed by atoms with Crippen molar-refractivity contribution in [2.45, 2.75) is 52.1 Å². The van der Waals surface area contributed by atoms with Crippen LogP contribution in [0.15, 0.2) is 47.6 Å². The molecule has 2 heterocycles. The summed E-state index contributed by atoms with van der Waals surface area (Å²) in [5.74, 6) is 0.0914. The molecule has 0 spiro atoms. The highest BCUT2D eigenvalue weighted by Crippen LogP contribution is 2.55. The Morgan fingerprint density at radius 2 is 1.83 bits per heavy atom. The topological polar surface area (TPSA) is 94.0 Å². The van der Waals surface area contributed by atoms with Crippen LogP contribution in [0.25, 0.3) is 5.57 Å². The van der Waals surface area contributed by atoms with Crippen molar-refractivity contribution in [3.8, 4) is 17.8 Å². The van der Waals surface area contributed by atoms with E-state index < -0.39 is 11.5 Å². The maximum Gasteiger partial charge on any atom is 0.324 e. The second-order valence-electron chi connectivity index (χ2n) is 9.46. The minimum atomic E-state index is -0.799. The largest absolute Gasteiger partial charge is 0.481 e. The SMILES string of the molecule is C/C=C(\C(C)=C(/C)COc1nc(OC)c(CN2CCCC3C[C@]32C(=O)O)c(OC)n1)c1ccccc1. The normalized spacial score (nSPS) is 22.4. The zero-order valence-electron chi connectivity index (χ0n) is 21.7. The molecule has 0 amide bonds. The third kappa shape index (κ3) is 4.82. The van der Waals surface area contributed by atoms with Crippen molar-refractivity contribution in [1.29, 1.82) is 0 Å². The number of carboxylic acids is 1. The van der Waals surface area contributed by atoms with E-state index in [9.17, 15) is 9.90 Å². The highest BCUT2D eigenvalue weighted by atomic mass is 16.5. The number of benzene rings is 1. The van der Waals surface area contributed by atoms with Crippen LogP contribution in [-0.2, 0) is 11.3 Å². The first-order chi connectivity index (χ1) is 17.3. The standard InChI is InChI=1S/C28H35N3O5/c1-6-22(20-11-8-7-9-12-20)19(3)18(2)17-36-27-29-24(34-4)23(25(30-27)35-5)16-31-14-10-13-21-15-28(21,31)26(32)33/h6-9,11-12,21H,10,13-17H2,1-5H3,(H,32,33)/b19-18+,22-6+/t21?,28-/m1/s1. The number of piperidine rings is 1. The molecule has 192 valence electrons. The van der Waals surface area contributed by atoms with E-state index in [1.54, 1.807) is 0 Å². The Balaban J connectivity index is 1.54. The van der Waals surface area contributed by atoms with Gasteiger partial charge in [-0.05, 0) is 74.8 Å². The van der Waals surface area contributed by atoms with Crippen LogP contribution in [0.5, 0.6) is 17.8 Å². The number of ether oxygens (including phenoxy) is 3.